The molecular formula is C13H17N3O3. The Kier molecular flexibility index (Phi) is 3.99. The zero-order chi connectivity index (χ0) is 13.8. The summed E-state index contributed by atoms with van der Waals surface area (Å²) >= 11 is 0. The maximum absolute atomic E-state index is 11.7. The molecule has 1 aromatic heterocycles. The summed E-state index contributed by atoms with van der Waals surface area (Å²) < 4.78 is 0. The molecule has 0 saturated carbocycles. The first-order valence-corrected chi connectivity index (χ1v) is 6.28. The van der Waals surface area contributed by atoms with Gasteiger partial charge in [0, 0.05) is 26.3 Å². The van der Waals surface area contributed by atoms with E-state index < -0.39 is 5.97 Å². The van der Waals surface area contributed by atoms with Gasteiger partial charge in [-0.25, -0.2) is 9.78 Å². The summed E-state index contributed by atoms with van der Waals surface area (Å²) in [6.45, 7) is 1.24. The van der Waals surface area contributed by atoms with Gasteiger partial charge in [-0.3, -0.25) is 4.79 Å². The third kappa shape index (κ3) is 2.83. The number of carboxylic acids is 1. The molecule has 1 aromatic rings. The van der Waals surface area contributed by atoms with E-state index in [0.29, 0.717) is 12.4 Å². The Bertz CT molecular complexity index is 490. The number of piperidine rings is 1. The van der Waals surface area contributed by atoms with Crippen LogP contribution in [0.15, 0.2) is 18.3 Å². The number of carbonyl (C=O) groups is 2. The van der Waals surface area contributed by atoms with Crippen LogP contribution in [-0.4, -0.2) is 42.1 Å². The van der Waals surface area contributed by atoms with Crippen molar-refractivity contribution in [2.45, 2.75) is 12.8 Å². The van der Waals surface area contributed by atoms with E-state index in [1.54, 1.807) is 19.3 Å². The molecule has 0 aromatic carbocycles. The Morgan fingerprint density at radius 3 is 3.00 bits per heavy atom. The Hall–Kier alpha value is -2.11. The lowest BCUT2D eigenvalue weighted by Gasteiger charge is -2.33. The van der Waals surface area contributed by atoms with Gasteiger partial charge in [0.1, 0.15) is 11.4 Å². The summed E-state index contributed by atoms with van der Waals surface area (Å²) in [5.74, 6) is -0.659. The number of rotatable bonds is 3. The number of nitrogens with zero attached hydrogens (tertiary/aromatic N) is 2. The number of aromatic nitrogens is 1. The Labute approximate surface area is 111 Å². The average molecular weight is 263 g/mol. The molecular weight excluding hydrogens is 246 g/mol. The van der Waals surface area contributed by atoms with Gasteiger partial charge in [-0.05, 0) is 25.0 Å². The lowest BCUT2D eigenvalue weighted by molar-refractivity contribution is -0.124. The van der Waals surface area contributed by atoms with Crippen LogP contribution in [0, 0.1) is 5.92 Å². The molecule has 0 bridgehead atoms. The lowest BCUT2D eigenvalue weighted by atomic mass is 9.97. The molecule has 6 heteroatoms. The van der Waals surface area contributed by atoms with E-state index in [1.807, 2.05) is 4.90 Å². The zero-order valence-electron chi connectivity index (χ0n) is 10.8. The lowest BCUT2D eigenvalue weighted by Crippen LogP contribution is -2.43. The minimum Gasteiger partial charge on any atom is -0.478 e. The fourth-order valence-electron chi connectivity index (χ4n) is 2.40. The highest BCUT2D eigenvalue weighted by Gasteiger charge is 2.27. The molecule has 2 rings (SSSR count). The van der Waals surface area contributed by atoms with E-state index in [4.69, 9.17) is 0 Å². The van der Waals surface area contributed by atoms with Crippen molar-refractivity contribution in [3.8, 4) is 0 Å². The number of nitrogens with one attached hydrogen (secondary N) is 1. The second-order valence-corrected chi connectivity index (χ2v) is 4.58. The second-order valence-electron chi connectivity index (χ2n) is 4.58. The van der Waals surface area contributed by atoms with E-state index in [0.717, 1.165) is 19.4 Å². The van der Waals surface area contributed by atoms with Crippen LogP contribution in [0.25, 0.3) is 0 Å². The van der Waals surface area contributed by atoms with Gasteiger partial charge < -0.3 is 15.3 Å². The van der Waals surface area contributed by atoms with Gasteiger partial charge in [0.05, 0.1) is 5.92 Å². The predicted molar refractivity (Wildman–Crippen MR) is 70.2 cm³/mol. The number of hydrogen-bond acceptors (Lipinski definition) is 4. The van der Waals surface area contributed by atoms with Crippen LogP contribution in [0.2, 0.25) is 0 Å². The number of carbonyl (C=O) groups excluding carboxylic acids is 1. The Morgan fingerprint density at radius 2 is 2.32 bits per heavy atom. The first-order chi connectivity index (χ1) is 9.13. The van der Waals surface area contributed by atoms with Crippen LogP contribution in [-0.2, 0) is 4.79 Å². The summed E-state index contributed by atoms with van der Waals surface area (Å²) in [7, 11) is 1.62. The van der Waals surface area contributed by atoms with Crippen molar-refractivity contribution in [1.82, 2.24) is 10.3 Å². The first-order valence-electron chi connectivity index (χ1n) is 6.28. The highest BCUT2D eigenvalue weighted by Crippen LogP contribution is 2.24. The maximum atomic E-state index is 11.7. The third-order valence-corrected chi connectivity index (χ3v) is 3.36. The highest BCUT2D eigenvalue weighted by molar-refractivity contribution is 5.93. The van der Waals surface area contributed by atoms with Crippen molar-refractivity contribution in [2.24, 2.45) is 5.92 Å². The molecule has 2 heterocycles. The predicted octanol–water partition coefficient (Wildman–Crippen LogP) is 0.742. The number of anilines is 1. The van der Waals surface area contributed by atoms with Crippen LogP contribution >= 0.6 is 0 Å². The van der Waals surface area contributed by atoms with Crippen molar-refractivity contribution >= 4 is 17.7 Å². The van der Waals surface area contributed by atoms with Crippen LogP contribution in [0.4, 0.5) is 5.82 Å². The highest BCUT2D eigenvalue weighted by atomic mass is 16.4. The fraction of sp³-hybridized carbons (Fsp3) is 0.462. The van der Waals surface area contributed by atoms with Gasteiger partial charge >= 0.3 is 5.97 Å². The van der Waals surface area contributed by atoms with Crippen LogP contribution in [0.1, 0.15) is 23.2 Å². The van der Waals surface area contributed by atoms with E-state index >= 15 is 0 Å². The van der Waals surface area contributed by atoms with E-state index in [2.05, 4.69) is 10.3 Å². The molecule has 6 nitrogen and oxygen atoms in total. The molecule has 1 unspecified atom stereocenters. The number of carboxylic acid groups (broad SMARTS) is 1. The van der Waals surface area contributed by atoms with Crippen molar-refractivity contribution in [1.29, 1.82) is 0 Å². The summed E-state index contributed by atoms with van der Waals surface area (Å²) in [6.07, 6.45) is 3.25. The number of amides is 1. The quantitative estimate of drug-likeness (QED) is 0.840. The third-order valence-electron chi connectivity index (χ3n) is 3.36. The molecule has 0 radical (unpaired) electrons. The van der Waals surface area contributed by atoms with Gasteiger partial charge in [0.25, 0.3) is 0 Å². The van der Waals surface area contributed by atoms with Crippen LogP contribution in [0.3, 0.4) is 0 Å². The summed E-state index contributed by atoms with van der Waals surface area (Å²) in [5, 5.41) is 11.8. The summed E-state index contributed by atoms with van der Waals surface area (Å²) in [5.41, 5.74) is 0.181. The molecule has 1 aliphatic rings. The molecule has 102 valence electrons. The number of aromatic carboxylic acids is 1. The molecule has 1 aliphatic heterocycles. The molecule has 0 aliphatic carbocycles. The minimum absolute atomic E-state index is 0.00231. The van der Waals surface area contributed by atoms with Gasteiger partial charge in [-0.2, -0.15) is 0 Å². The second kappa shape index (κ2) is 5.69. The van der Waals surface area contributed by atoms with Crippen molar-refractivity contribution in [3.05, 3.63) is 23.9 Å². The van der Waals surface area contributed by atoms with E-state index in [1.165, 1.54) is 6.07 Å². The largest absolute Gasteiger partial charge is 0.478 e. The molecule has 2 N–H and O–H groups in total. The minimum atomic E-state index is -0.995. The topological polar surface area (TPSA) is 82.5 Å². The van der Waals surface area contributed by atoms with Crippen molar-refractivity contribution in [3.63, 3.8) is 0 Å². The van der Waals surface area contributed by atoms with Gasteiger partial charge in [-0.1, -0.05) is 0 Å². The Morgan fingerprint density at radius 1 is 1.53 bits per heavy atom. The van der Waals surface area contributed by atoms with Crippen molar-refractivity contribution in [2.75, 3.05) is 25.0 Å². The molecule has 19 heavy (non-hydrogen) atoms. The standard InChI is InChI=1S/C13H17N3O3/c1-14-12(17)9-4-3-7-16(8-9)11-10(13(18)19)5-2-6-15-11/h2,5-6,9H,3-4,7-8H2,1H3,(H,14,17)(H,18,19). The van der Waals surface area contributed by atoms with Crippen LogP contribution in [0.5, 0.6) is 0 Å². The summed E-state index contributed by atoms with van der Waals surface area (Å²) in [6, 6.07) is 3.14. The summed E-state index contributed by atoms with van der Waals surface area (Å²) in [4.78, 5) is 28.9. The first kappa shape index (κ1) is 13.3. The fourth-order valence-corrected chi connectivity index (χ4v) is 2.40. The van der Waals surface area contributed by atoms with Gasteiger partial charge in [0.15, 0.2) is 0 Å². The van der Waals surface area contributed by atoms with E-state index in [9.17, 15) is 14.7 Å². The molecule has 1 saturated heterocycles. The van der Waals surface area contributed by atoms with Gasteiger partial charge in [-0.15, -0.1) is 0 Å². The van der Waals surface area contributed by atoms with Crippen molar-refractivity contribution < 1.29 is 14.7 Å². The number of hydrogen-bond donors (Lipinski definition) is 2. The van der Waals surface area contributed by atoms with E-state index in [-0.39, 0.29) is 17.4 Å². The SMILES string of the molecule is CNC(=O)C1CCCN(c2ncccc2C(=O)O)C1. The molecule has 1 fully saturated rings. The zero-order valence-corrected chi connectivity index (χ0v) is 10.8. The molecule has 0 spiro atoms. The maximum Gasteiger partial charge on any atom is 0.339 e. The van der Waals surface area contributed by atoms with Crippen LogP contribution < -0.4 is 10.2 Å². The number of pyridine rings is 1. The smallest absolute Gasteiger partial charge is 0.339 e. The molecule has 1 atom stereocenters. The van der Waals surface area contributed by atoms with Gasteiger partial charge in [0.2, 0.25) is 5.91 Å². The average Bonchev–Trinajstić information content (AvgIpc) is 2.46. The molecule has 1 amide bonds. The Balaban J connectivity index is 2.22. The normalized spacial score (nSPS) is 19.0. The monoisotopic (exact) mass is 263 g/mol.